The Morgan fingerprint density at radius 3 is 2.19 bits per heavy atom. The lowest BCUT2D eigenvalue weighted by atomic mass is 10.1. The smallest absolute Gasteiger partial charge is 0.376 e. The van der Waals surface area contributed by atoms with Crippen LogP contribution in [0.2, 0.25) is 0 Å². The molecule has 0 spiro atoms. The van der Waals surface area contributed by atoms with Crippen LogP contribution in [-0.2, 0) is 16.0 Å². The number of benzene rings is 1. The Hall–Kier alpha value is -2.10. The van der Waals surface area contributed by atoms with Crippen molar-refractivity contribution in [3.8, 4) is 0 Å². The van der Waals surface area contributed by atoms with Gasteiger partial charge in [-0.15, -0.1) is 0 Å². The normalized spacial score (nSPS) is 11.2. The zero-order chi connectivity index (χ0) is 12.1. The van der Waals surface area contributed by atoms with Crippen molar-refractivity contribution in [1.82, 2.24) is 0 Å². The number of carbonyl (C=O) groups excluding carboxylic acids is 1. The number of aryl methyl sites for hydroxylation is 1. The van der Waals surface area contributed by atoms with Gasteiger partial charge in [0.05, 0.1) is 0 Å². The number of carboxylic acids is 1. The van der Waals surface area contributed by atoms with Gasteiger partial charge in [-0.05, 0) is 12.0 Å². The van der Waals surface area contributed by atoms with E-state index in [1.165, 1.54) is 0 Å². The molecule has 0 unspecified atom stereocenters. The summed E-state index contributed by atoms with van der Waals surface area (Å²) in [6.07, 6.45) is 1.57. The molecule has 16 heavy (non-hydrogen) atoms. The Morgan fingerprint density at radius 2 is 1.75 bits per heavy atom. The zero-order valence-electron chi connectivity index (χ0n) is 8.80. The van der Waals surface area contributed by atoms with Gasteiger partial charge in [0.2, 0.25) is 0 Å². The number of ketones is 1. The minimum absolute atomic E-state index is 0.338. The lowest BCUT2D eigenvalue weighted by Crippen LogP contribution is -2.09. The van der Waals surface area contributed by atoms with Gasteiger partial charge < -0.3 is 10.2 Å². The summed E-state index contributed by atoms with van der Waals surface area (Å²) in [5.41, 5.74) is 1.52. The van der Waals surface area contributed by atoms with E-state index in [9.17, 15) is 14.7 Å². The molecule has 1 aromatic carbocycles. The SMILES string of the molecule is CCc1ccc(/C(O)=C/C(=O)C(=O)O)cc1. The molecule has 84 valence electrons. The van der Waals surface area contributed by atoms with Crippen LogP contribution in [-0.4, -0.2) is 22.0 Å². The minimum Gasteiger partial charge on any atom is -0.507 e. The highest BCUT2D eigenvalue weighted by molar-refractivity contribution is 6.38. The summed E-state index contributed by atoms with van der Waals surface area (Å²) in [7, 11) is 0. The molecule has 0 aliphatic heterocycles. The van der Waals surface area contributed by atoms with E-state index >= 15 is 0 Å². The first kappa shape index (κ1) is 12.0. The molecule has 0 aliphatic rings. The molecule has 0 saturated carbocycles. The fourth-order valence-corrected chi connectivity index (χ4v) is 1.18. The molecule has 1 aromatic rings. The van der Waals surface area contributed by atoms with Gasteiger partial charge in [0.1, 0.15) is 5.76 Å². The predicted octanol–water partition coefficient (Wildman–Crippen LogP) is 1.80. The number of aliphatic hydroxyl groups excluding tert-OH is 1. The average molecular weight is 220 g/mol. The van der Waals surface area contributed by atoms with Crippen LogP contribution in [0.15, 0.2) is 30.3 Å². The van der Waals surface area contributed by atoms with Gasteiger partial charge in [0.15, 0.2) is 0 Å². The Morgan fingerprint density at radius 1 is 1.19 bits per heavy atom. The number of hydrogen-bond donors (Lipinski definition) is 2. The van der Waals surface area contributed by atoms with Gasteiger partial charge in [-0.25, -0.2) is 4.79 Å². The quantitative estimate of drug-likeness (QED) is 0.461. The second-order valence-corrected chi connectivity index (χ2v) is 3.25. The minimum atomic E-state index is -1.59. The third-order valence-corrected chi connectivity index (χ3v) is 2.14. The molecule has 0 amide bonds. The molecule has 4 heteroatoms. The van der Waals surface area contributed by atoms with E-state index in [1.54, 1.807) is 12.1 Å². The molecule has 1 rings (SSSR count). The predicted molar refractivity (Wildman–Crippen MR) is 59.1 cm³/mol. The van der Waals surface area contributed by atoms with E-state index in [0.29, 0.717) is 11.6 Å². The second-order valence-electron chi connectivity index (χ2n) is 3.25. The van der Waals surface area contributed by atoms with Gasteiger partial charge in [-0.3, -0.25) is 4.79 Å². The van der Waals surface area contributed by atoms with Gasteiger partial charge in [-0.2, -0.15) is 0 Å². The van der Waals surface area contributed by atoms with Crippen LogP contribution in [0, 0.1) is 0 Å². The molecule has 0 aromatic heterocycles. The van der Waals surface area contributed by atoms with Gasteiger partial charge in [-0.1, -0.05) is 31.2 Å². The molecule has 0 radical (unpaired) electrons. The van der Waals surface area contributed by atoms with E-state index in [1.807, 2.05) is 19.1 Å². The fraction of sp³-hybridized carbons (Fsp3) is 0.167. The highest BCUT2D eigenvalue weighted by Crippen LogP contribution is 2.12. The van der Waals surface area contributed by atoms with Crippen LogP contribution in [0.4, 0.5) is 0 Å². The van der Waals surface area contributed by atoms with Crippen LogP contribution in [0.1, 0.15) is 18.1 Å². The lowest BCUT2D eigenvalue weighted by Gasteiger charge is -2.01. The molecule has 0 aliphatic carbocycles. The van der Waals surface area contributed by atoms with Crippen molar-refractivity contribution in [3.63, 3.8) is 0 Å². The van der Waals surface area contributed by atoms with Crippen molar-refractivity contribution in [2.24, 2.45) is 0 Å². The summed E-state index contributed by atoms with van der Waals surface area (Å²) in [6, 6.07) is 6.90. The van der Waals surface area contributed by atoms with E-state index in [4.69, 9.17) is 5.11 Å². The molecular formula is C12H12O4. The van der Waals surface area contributed by atoms with E-state index in [-0.39, 0.29) is 5.76 Å². The van der Waals surface area contributed by atoms with E-state index < -0.39 is 11.8 Å². The van der Waals surface area contributed by atoms with Crippen molar-refractivity contribution in [2.45, 2.75) is 13.3 Å². The Labute approximate surface area is 92.8 Å². The number of aliphatic hydroxyl groups is 1. The number of aliphatic carboxylic acids is 1. The number of carbonyl (C=O) groups is 2. The highest BCUT2D eigenvalue weighted by Gasteiger charge is 2.10. The van der Waals surface area contributed by atoms with Crippen molar-refractivity contribution in [1.29, 1.82) is 0 Å². The van der Waals surface area contributed by atoms with Crippen molar-refractivity contribution >= 4 is 17.5 Å². The van der Waals surface area contributed by atoms with Crippen LogP contribution in [0.3, 0.4) is 0 Å². The molecule has 0 bridgehead atoms. The van der Waals surface area contributed by atoms with Gasteiger partial charge >= 0.3 is 5.97 Å². The van der Waals surface area contributed by atoms with Crippen LogP contribution in [0.25, 0.3) is 5.76 Å². The average Bonchev–Trinajstić information content (AvgIpc) is 2.28. The molecule has 0 heterocycles. The third kappa shape index (κ3) is 2.95. The Kier molecular flexibility index (Phi) is 3.83. The number of hydrogen-bond acceptors (Lipinski definition) is 3. The van der Waals surface area contributed by atoms with Crippen LogP contribution >= 0.6 is 0 Å². The first-order valence-corrected chi connectivity index (χ1v) is 4.81. The first-order valence-electron chi connectivity index (χ1n) is 4.81. The van der Waals surface area contributed by atoms with Gasteiger partial charge in [0, 0.05) is 11.6 Å². The lowest BCUT2D eigenvalue weighted by molar-refractivity contribution is -0.146. The maximum Gasteiger partial charge on any atom is 0.376 e. The van der Waals surface area contributed by atoms with Gasteiger partial charge in [0.25, 0.3) is 5.78 Å². The maximum absolute atomic E-state index is 10.8. The number of rotatable bonds is 4. The highest BCUT2D eigenvalue weighted by atomic mass is 16.4. The third-order valence-electron chi connectivity index (χ3n) is 2.14. The van der Waals surface area contributed by atoms with Crippen molar-refractivity contribution < 1.29 is 19.8 Å². The van der Waals surface area contributed by atoms with Crippen LogP contribution < -0.4 is 0 Å². The molecule has 4 nitrogen and oxygen atoms in total. The number of carboxylic acid groups (broad SMARTS) is 1. The van der Waals surface area contributed by atoms with Crippen LogP contribution in [0.5, 0.6) is 0 Å². The van der Waals surface area contributed by atoms with Crippen molar-refractivity contribution in [2.75, 3.05) is 0 Å². The summed E-state index contributed by atoms with van der Waals surface area (Å²) >= 11 is 0. The van der Waals surface area contributed by atoms with E-state index in [2.05, 4.69) is 0 Å². The monoisotopic (exact) mass is 220 g/mol. The summed E-state index contributed by atoms with van der Waals surface area (Å²) in [5, 5.41) is 17.8. The van der Waals surface area contributed by atoms with E-state index in [0.717, 1.165) is 12.0 Å². The fourth-order valence-electron chi connectivity index (χ4n) is 1.18. The molecule has 0 atom stereocenters. The zero-order valence-corrected chi connectivity index (χ0v) is 8.80. The summed E-state index contributed by atoms with van der Waals surface area (Å²) < 4.78 is 0. The maximum atomic E-state index is 10.8. The van der Waals surface area contributed by atoms with Crippen molar-refractivity contribution in [3.05, 3.63) is 41.5 Å². The summed E-state index contributed by atoms with van der Waals surface area (Å²) in [4.78, 5) is 21.1. The molecule has 2 N–H and O–H groups in total. The summed E-state index contributed by atoms with van der Waals surface area (Å²) in [5.74, 6) is -3.07. The molecule has 0 saturated heterocycles. The summed E-state index contributed by atoms with van der Waals surface area (Å²) in [6.45, 7) is 2.00. The Bertz CT molecular complexity index is 429. The standard InChI is InChI=1S/C12H12O4/c1-2-8-3-5-9(6-4-8)10(13)7-11(14)12(15)16/h3-7,13H,2H2,1H3,(H,15,16)/b10-7-. The largest absolute Gasteiger partial charge is 0.507 e. The first-order chi connectivity index (χ1) is 7.54. The topological polar surface area (TPSA) is 74.6 Å². The molecular weight excluding hydrogens is 208 g/mol. The molecule has 0 fully saturated rings. The Balaban J connectivity index is 2.91. The second kappa shape index (κ2) is 5.11.